The normalized spacial score (nSPS) is 20.1. The van der Waals surface area contributed by atoms with Crippen LogP contribution in [0.15, 0.2) is 30.3 Å². The quantitative estimate of drug-likeness (QED) is 0.452. The first-order valence-corrected chi connectivity index (χ1v) is 13.4. The highest BCUT2D eigenvalue weighted by atomic mass is 19.3. The number of alkyl halides is 2. The number of benzene rings is 1. The van der Waals surface area contributed by atoms with Crippen molar-refractivity contribution in [2.75, 3.05) is 76.4 Å². The second-order valence-electron chi connectivity index (χ2n) is 10.1. The standard InChI is InChI=1S/C27H40F2N6O3/c1-19-16-35(10-9-34(19)17-24(28)29)26-14-25(33(3)21-7-11-37-12-8-21)31-27(32-26)20-5-4-6-23(13-20)38-18-22(36)15-30-2/h4-6,13-14,19,21-22,24,30,36H,7-12,15-18H2,1-3H3. The molecular weight excluding hydrogens is 494 g/mol. The summed E-state index contributed by atoms with van der Waals surface area (Å²) in [5, 5.41) is 12.9. The molecule has 3 heterocycles. The lowest BCUT2D eigenvalue weighted by atomic mass is 10.1. The van der Waals surface area contributed by atoms with Gasteiger partial charge in [-0.15, -0.1) is 0 Å². The van der Waals surface area contributed by atoms with E-state index in [1.54, 1.807) is 7.05 Å². The molecule has 0 radical (unpaired) electrons. The molecule has 1 aromatic heterocycles. The maximum Gasteiger partial charge on any atom is 0.251 e. The molecule has 0 spiro atoms. The van der Waals surface area contributed by atoms with Crippen molar-refractivity contribution in [1.29, 1.82) is 0 Å². The number of ether oxygens (including phenoxy) is 2. The van der Waals surface area contributed by atoms with Gasteiger partial charge in [0, 0.05) is 70.2 Å². The van der Waals surface area contributed by atoms with Crippen molar-refractivity contribution < 1.29 is 23.4 Å². The number of nitrogens with zero attached hydrogens (tertiary/aromatic N) is 5. The van der Waals surface area contributed by atoms with Gasteiger partial charge in [-0.25, -0.2) is 18.7 Å². The van der Waals surface area contributed by atoms with Crippen LogP contribution in [0.25, 0.3) is 11.4 Å². The Morgan fingerprint density at radius 2 is 2.00 bits per heavy atom. The largest absolute Gasteiger partial charge is 0.491 e. The Hall–Kier alpha value is -2.60. The Morgan fingerprint density at radius 1 is 1.21 bits per heavy atom. The molecule has 0 aliphatic carbocycles. The highest BCUT2D eigenvalue weighted by molar-refractivity contribution is 5.64. The first-order valence-electron chi connectivity index (χ1n) is 13.4. The van der Waals surface area contributed by atoms with Crippen molar-refractivity contribution in [3.05, 3.63) is 30.3 Å². The Bertz CT molecular complexity index is 1030. The van der Waals surface area contributed by atoms with E-state index in [2.05, 4.69) is 22.2 Å². The summed E-state index contributed by atoms with van der Waals surface area (Å²) in [6.45, 7) is 5.60. The molecule has 210 valence electrons. The van der Waals surface area contributed by atoms with E-state index < -0.39 is 12.5 Å². The van der Waals surface area contributed by atoms with Crippen LogP contribution in [0.3, 0.4) is 0 Å². The van der Waals surface area contributed by atoms with Crippen LogP contribution in [-0.4, -0.2) is 111 Å². The lowest BCUT2D eigenvalue weighted by Crippen LogP contribution is -2.53. The van der Waals surface area contributed by atoms with Gasteiger partial charge in [-0.3, -0.25) is 4.90 Å². The minimum atomic E-state index is -2.34. The van der Waals surface area contributed by atoms with Crippen molar-refractivity contribution in [3.63, 3.8) is 0 Å². The lowest BCUT2D eigenvalue weighted by Gasteiger charge is -2.40. The van der Waals surface area contributed by atoms with E-state index in [-0.39, 0.29) is 19.2 Å². The first kappa shape index (κ1) is 28.4. The molecule has 2 aliphatic heterocycles. The van der Waals surface area contributed by atoms with E-state index in [1.165, 1.54) is 0 Å². The molecule has 2 unspecified atom stereocenters. The van der Waals surface area contributed by atoms with E-state index in [0.29, 0.717) is 43.8 Å². The summed E-state index contributed by atoms with van der Waals surface area (Å²) in [6, 6.07) is 9.85. The lowest BCUT2D eigenvalue weighted by molar-refractivity contribution is 0.0644. The van der Waals surface area contributed by atoms with Crippen LogP contribution < -0.4 is 19.9 Å². The SMILES string of the molecule is CNCC(O)COc1cccc(-c2nc(N3CCN(CC(F)F)C(C)C3)cc(N(C)C3CCOCC3)n2)c1. The predicted molar refractivity (Wildman–Crippen MR) is 144 cm³/mol. The number of aliphatic hydroxyl groups excluding tert-OH is 1. The third-order valence-corrected chi connectivity index (χ3v) is 7.23. The number of anilines is 2. The Balaban J connectivity index is 1.61. The topological polar surface area (TPSA) is 86.2 Å². The molecule has 2 saturated heterocycles. The van der Waals surface area contributed by atoms with Crippen molar-refractivity contribution in [1.82, 2.24) is 20.2 Å². The third kappa shape index (κ3) is 7.49. The van der Waals surface area contributed by atoms with E-state index in [1.807, 2.05) is 42.2 Å². The molecular formula is C27H40F2N6O3. The maximum atomic E-state index is 13.0. The molecule has 2 atom stereocenters. The molecule has 0 bridgehead atoms. The van der Waals surface area contributed by atoms with Gasteiger partial charge in [0.2, 0.25) is 0 Å². The van der Waals surface area contributed by atoms with E-state index in [0.717, 1.165) is 43.3 Å². The minimum Gasteiger partial charge on any atom is -0.491 e. The van der Waals surface area contributed by atoms with Crippen molar-refractivity contribution in [2.24, 2.45) is 0 Å². The number of aliphatic hydroxyl groups is 1. The van der Waals surface area contributed by atoms with Crippen LogP contribution in [0.2, 0.25) is 0 Å². The molecule has 0 saturated carbocycles. The number of piperazine rings is 1. The monoisotopic (exact) mass is 534 g/mol. The van der Waals surface area contributed by atoms with E-state index in [4.69, 9.17) is 19.4 Å². The predicted octanol–water partition coefficient (Wildman–Crippen LogP) is 2.49. The van der Waals surface area contributed by atoms with Crippen LogP contribution in [0, 0.1) is 0 Å². The molecule has 1 aromatic carbocycles. The molecule has 9 nitrogen and oxygen atoms in total. The van der Waals surface area contributed by atoms with Crippen LogP contribution in [0.4, 0.5) is 20.4 Å². The summed E-state index contributed by atoms with van der Waals surface area (Å²) in [5.74, 6) is 2.79. The summed E-state index contributed by atoms with van der Waals surface area (Å²) in [6.07, 6.45) is -1.11. The van der Waals surface area contributed by atoms with Crippen LogP contribution >= 0.6 is 0 Å². The number of hydrogen-bond donors (Lipinski definition) is 2. The van der Waals surface area contributed by atoms with Gasteiger partial charge in [0.1, 0.15) is 30.1 Å². The van der Waals surface area contributed by atoms with Gasteiger partial charge < -0.3 is 29.7 Å². The molecule has 11 heteroatoms. The molecule has 2 N–H and O–H groups in total. The van der Waals surface area contributed by atoms with E-state index in [9.17, 15) is 13.9 Å². The molecule has 2 aromatic rings. The molecule has 2 fully saturated rings. The fraction of sp³-hybridized carbons (Fsp3) is 0.630. The molecule has 4 rings (SSSR count). The highest BCUT2D eigenvalue weighted by Crippen LogP contribution is 2.30. The van der Waals surface area contributed by atoms with Gasteiger partial charge in [-0.05, 0) is 38.9 Å². The summed E-state index contributed by atoms with van der Waals surface area (Å²) in [4.78, 5) is 16.1. The number of hydrogen-bond acceptors (Lipinski definition) is 9. The van der Waals surface area contributed by atoms with Crippen molar-refractivity contribution in [3.8, 4) is 17.1 Å². The Kier molecular flexibility index (Phi) is 10.1. The summed E-state index contributed by atoms with van der Waals surface area (Å²) in [7, 11) is 3.83. The van der Waals surface area contributed by atoms with Crippen molar-refractivity contribution >= 4 is 11.6 Å². The smallest absolute Gasteiger partial charge is 0.251 e. The fourth-order valence-electron chi connectivity index (χ4n) is 5.02. The zero-order valence-electron chi connectivity index (χ0n) is 22.5. The third-order valence-electron chi connectivity index (χ3n) is 7.23. The Labute approximate surface area is 223 Å². The maximum absolute atomic E-state index is 13.0. The van der Waals surface area contributed by atoms with Gasteiger partial charge >= 0.3 is 0 Å². The average Bonchev–Trinajstić information content (AvgIpc) is 2.93. The van der Waals surface area contributed by atoms with E-state index >= 15 is 0 Å². The van der Waals surface area contributed by atoms with Crippen LogP contribution in [-0.2, 0) is 4.74 Å². The van der Waals surface area contributed by atoms with Crippen LogP contribution in [0.5, 0.6) is 5.75 Å². The minimum absolute atomic E-state index is 0.0198. The zero-order valence-corrected chi connectivity index (χ0v) is 22.5. The van der Waals surface area contributed by atoms with Gasteiger partial charge in [0.25, 0.3) is 6.43 Å². The first-order chi connectivity index (χ1) is 18.3. The number of likely N-dealkylation sites (N-methyl/N-ethyl adjacent to an activating group) is 1. The van der Waals surface area contributed by atoms with Gasteiger partial charge in [0.05, 0.1) is 6.54 Å². The number of aromatic nitrogens is 2. The second kappa shape index (κ2) is 13.5. The fourth-order valence-corrected chi connectivity index (χ4v) is 5.02. The zero-order chi connectivity index (χ0) is 27.1. The summed E-state index contributed by atoms with van der Waals surface area (Å²) in [5.41, 5.74) is 0.804. The average molecular weight is 535 g/mol. The van der Waals surface area contributed by atoms with Crippen molar-refractivity contribution in [2.45, 2.75) is 44.4 Å². The molecule has 38 heavy (non-hydrogen) atoms. The molecule has 2 aliphatic rings. The summed E-state index contributed by atoms with van der Waals surface area (Å²) < 4.78 is 37.4. The van der Waals surface area contributed by atoms with Gasteiger partial charge in [0.15, 0.2) is 5.82 Å². The van der Waals surface area contributed by atoms with Gasteiger partial charge in [-0.1, -0.05) is 12.1 Å². The van der Waals surface area contributed by atoms with Gasteiger partial charge in [-0.2, -0.15) is 0 Å². The number of rotatable bonds is 11. The second-order valence-corrected chi connectivity index (χ2v) is 10.1. The van der Waals surface area contributed by atoms with Crippen LogP contribution in [0.1, 0.15) is 19.8 Å². The number of halogens is 2. The molecule has 0 amide bonds. The highest BCUT2D eigenvalue weighted by Gasteiger charge is 2.28. The number of nitrogens with one attached hydrogen (secondary N) is 1. The Morgan fingerprint density at radius 3 is 2.71 bits per heavy atom. The summed E-state index contributed by atoms with van der Waals surface area (Å²) >= 11 is 0.